The van der Waals surface area contributed by atoms with Crippen molar-refractivity contribution < 1.29 is 14.0 Å². The zero-order chi connectivity index (χ0) is 19.7. The summed E-state index contributed by atoms with van der Waals surface area (Å²) in [6.45, 7) is 5.71. The molecule has 1 aromatic rings. The van der Waals surface area contributed by atoms with Crippen LogP contribution in [0.4, 0.5) is 0 Å². The third-order valence-corrected chi connectivity index (χ3v) is 6.34. The Bertz CT molecular complexity index is 708. The van der Waals surface area contributed by atoms with Crippen LogP contribution >= 0.6 is 0 Å². The molecule has 1 aromatic heterocycles. The molecule has 0 radical (unpaired) electrons. The number of carbonyl (C=O) groups excluding carboxylic acids is 2. The highest BCUT2D eigenvalue weighted by Crippen LogP contribution is 2.32. The van der Waals surface area contributed by atoms with Gasteiger partial charge >= 0.3 is 0 Å². The molecule has 3 fully saturated rings. The molecular formula is C20H31N5O3. The quantitative estimate of drug-likeness (QED) is 0.758. The minimum atomic E-state index is 0.0221. The second-order valence-corrected chi connectivity index (χ2v) is 8.57. The highest BCUT2D eigenvalue weighted by Gasteiger charge is 2.37. The molecule has 3 aliphatic rings. The number of rotatable bonds is 5. The van der Waals surface area contributed by atoms with E-state index in [9.17, 15) is 9.59 Å². The molecule has 1 atom stereocenters. The molecule has 1 aliphatic carbocycles. The maximum Gasteiger partial charge on any atom is 0.235 e. The maximum atomic E-state index is 12.9. The van der Waals surface area contributed by atoms with E-state index in [1.165, 1.54) is 0 Å². The zero-order valence-electron chi connectivity index (χ0n) is 17.0. The molecule has 0 aromatic carbocycles. The summed E-state index contributed by atoms with van der Waals surface area (Å²) in [6.07, 6.45) is 6.18. The van der Waals surface area contributed by atoms with Gasteiger partial charge in [-0.1, -0.05) is 0 Å². The van der Waals surface area contributed by atoms with Crippen molar-refractivity contribution in [3.05, 3.63) is 11.8 Å². The lowest BCUT2D eigenvalue weighted by Gasteiger charge is -2.42. The van der Waals surface area contributed by atoms with Crippen LogP contribution in [0.2, 0.25) is 0 Å². The molecule has 2 aliphatic heterocycles. The number of nitrogens with zero attached hydrogens (tertiary/aromatic N) is 5. The van der Waals surface area contributed by atoms with Gasteiger partial charge in [-0.15, -0.1) is 10.2 Å². The summed E-state index contributed by atoms with van der Waals surface area (Å²) in [6, 6.07) is 0.489. The van der Waals surface area contributed by atoms with E-state index in [0.29, 0.717) is 36.2 Å². The van der Waals surface area contributed by atoms with Crippen LogP contribution in [-0.2, 0) is 16.1 Å². The lowest BCUT2D eigenvalue weighted by atomic mass is 9.93. The first-order valence-electron chi connectivity index (χ1n) is 10.6. The van der Waals surface area contributed by atoms with Gasteiger partial charge in [0.2, 0.25) is 23.6 Å². The van der Waals surface area contributed by atoms with Crippen molar-refractivity contribution in [1.82, 2.24) is 24.9 Å². The summed E-state index contributed by atoms with van der Waals surface area (Å²) in [5.41, 5.74) is 0. The number of aromatic nitrogens is 2. The van der Waals surface area contributed by atoms with Crippen LogP contribution in [0.25, 0.3) is 0 Å². The van der Waals surface area contributed by atoms with Crippen molar-refractivity contribution in [2.24, 2.45) is 11.8 Å². The largest absolute Gasteiger partial charge is 0.424 e. The highest BCUT2D eigenvalue weighted by molar-refractivity contribution is 5.81. The Hall–Kier alpha value is -1.96. The number of likely N-dealkylation sites (tertiary alicyclic amines) is 2. The molecule has 2 saturated heterocycles. The normalized spacial score (nSPS) is 24.4. The molecule has 4 rings (SSSR count). The van der Waals surface area contributed by atoms with Gasteiger partial charge in [-0.2, -0.15) is 0 Å². The molecule has 1 unspecified atom stereocenters. The van der Waals surface area contributed by atoms with Gasteiger partial charge in [0, 0.05) is 45.6 Å². The fraction of sp³-hybridized carbons (Fsp3) is 0.800. The first-order valence-corrected chi connectivity index (χ1v) is 10.6. The van der Waals surface area contributed by atoms with Gasteiger partial charge in [0.05, 0.1) is 12.5 Å². The van der Waals surface area contributed by atoms with Crippen molar-refractivity contribution in [3.63, 3.8) is 0 Å². The summed E-state index contributed by atoms with van der Waals surface area (Å²) in [5, 5.41) is 7.81. The van der Waals surface area contributed by atoms with Crippen LogP contribution in [0.15, 0.2) is 4.42 Å². The van der Waals surface area contributed by atoms with Crippen molar-refractivity contribution >= 4 is 11.8 Å². The minimum absolute atomic E-state index is 0.0221. The number of hydrogen-bond donors (Lipinski definition) is 0. The van der Waals surface area contributed by atoms with Crippen LogP contribution in [0.1, 0.15) is 50.3 Å². The third-order valence-electron chi connectivity index (χ3n) is 6.34. The lowest BCUT2D eigenvalue weighted by molar-refractivity contribution is -0.137. The van der Waals surface area contributed by atoms with E-state index < -0.39 is 0 Å². The van der Waals surface area contributed by atoms with E-state index in [1.54, 1.807) is 11.8 Å². The van der Waals surface area contributed by atoms with E-state index in [2.05, 4.69) is 20.0 Å². The van der Waals surface area contributed by atoms with Crippen LogP contribution < -0.4 is 0 Å². The molecule has 3 heterocycles. The molecule has 2 amide bonds. The van der Waals surface area contributed by atoms with Gasteiger partial charge in [-0.3, -0.25) is 14.5 Å². The second-order valence-electron chi connectivity index (χ2n) is 8.57. The first-order chi connectivity index (χ1) is 13.5. The molecular weight excluding hydrogens is 358 g/mol. The maximum absolute atomic E-state index is 12.9. The number of carbonyl (C=O) groups is 2. The van der Waals surface area contributed by atoms with Crippen molar-refractivity contribution in [1.29, 1.82) is 0 Å². The molecule has 0 bridgehead atoms. The molecule has 0 N–H and O–H groups in total. The monoisotopic (exact) mass is 389 g/mol. The fourth-order valence-electron chi connectivity index (χ4n) is 4.57. The lowest BCUT2D eigenvalue weighted by Crippen LogP contribution is -2.51. The fourth-order valence-corrected chi connectivity index (χ4v) is 4.57. The van der Waals surface area contributed by atoms with Crippen LogP contribution in [0.5, 0.6) is 0 Å². The van der Waals surface area contributed by atoms with E-state index in [-0.39, 0.29) is 11.8 Å². The summed E-state index contributed by atoms with van der Waals surface area (Å²) in [7, 11) is 1.81. The van der Waals surface area contributed by atoms with E-state index in [4.69, 9.17) is 4.42 Å². The number of piperidine rings is 2. The first kappa shape index (κ1) is 19.4. The van der Waals surface area contributed by atoms with Crippen molar-refractivity contribution in [2.45, 2.75) is 58.0 Å². The predicted octanol–water partition coefficient (Wildman–Crippen LogP) is 1.45. The third kappa shape index (κ3) is 4.37. The summed E-state index contributed by atoms with van der Waals surface area (Å²) in [5.74, 6) is 1.85. The Kier molecular flexibility index (Phi) is 5.66. The number of hydrogen-bond acceptors (Lipinski definition) is 6. The second kappa shape index (κ2) is 8.19. The summed E-state index contributed by atoms with van der Waals surface area (Å²) in [4.78, 5) is 31.4. The zero-order valence-corrected chi connectivity index (χ0v) is 17.0. The molecule has 154 valence electrons. The van der Waals surface area contributed by atoms with Gasteiger partial charge in [0.25, 0.3) is 0 Å². The Morgan fingerprint density at radius 1 is 1.07 bits per heavy atom. The summed E-state index contributed by atoms with van der Waals surface area (Å²) >= 11 is 0. The number of amides is 2. The standard InChI is InChI=1S/C20H31N5O3/c1-14-21-22-18(28-14)13-23(2)19(26)16-4-3-9-25(12-16)17-7-10-24(11-8-17)20(27)15-5-6-15/h15-17H,3-13H2,1-2H3. The van der Waals surface area contributed by atoms with E-state index in [0.717, 1.165) is 64.7 Å². The van der Waals surface area contributed by atoms with E-state index in [1.807, 2.05) is 7.05 Å². The van der Waals surface area contributed by atoms with Gasteiger partial charge < -0.3 is 14.2 Å². The van der Waals surface area contributed by atoms with Crippen molar-refractivity contribution in [3.8, 4) is 0 Å². The molecule has 8 heteroatoms. The van der Waals surface area contributed by atoms with Crippen LogP contribution in [-0.4, -0.2) is 76.0 Å². The Balaban J connectivity index is 1.27. The molecule has 0 spiro atoms. The predicted molar refractivity (Wildman–Crippen MR) is 102 cm³/mol. The molecule has 8 nitrogen and oxygen atoms in total. The topological polar surface area (TPSA) is 82.8 Å². The average molecular weight is 390 g/mol. The van der Waals surface area contributed by atoms with Gasteiger partial charge in [0.15, 0.2) is 0 Å². The number of aryl methyl sites for hydroxylation is 1. The summed E-state index contributed by atoms with van der Waals surface area (Å²) < 4.78 is 5.40. The molecule has 28 heavy (non-hydrogen) atoms. The van der Waals surface area contributed by atoms with Crippen LogP contribution in [0.3, 0.4) is 0 Å². The van der Waals surface area contributed by atoms with E-state index >= 15 is 0 Å². The Labute approximate surface area is 166 Å². The Morgan fingerprint density at radius 3 is 2.46 bits per heavy atom. The smallest absolute Gasteiger partial charge is 0.235 e. The van der Waals surface area contributed by atoms with Gasteiger partial charge in [-0.05, 0) is 45.1 Å². The van der Waals surface area contributed by atoms with Crippen molar-refractivity contribution in [2.75, 3.05) is 33.2 Å². The van der Waals surface area contributed by atoms with Gasteiger partial charge in [-0.25, -0.2) is 0 Å². The SMILES string of the molecule is Cc1nnc(CN(C)C(=O)C2CCCN(C3CCN(C(=O)C4CC4)CC3)C2)o1. The molecule has 1 saturated carbocycles. The minimum Gasteiger partial charge on any atom is -0.424 e. The van der Waals surface area contributed by atoms with Crippen LogP contribution in [0, 0.1) is 18.8 Å². The average Bonchev–Trinajstić information content (AvgIpc) is 3.49. The highest BCUT2D eigenvalue weighted by atomic mass is 16.4. The Morgan fingerprint density at radius 2 is 1.82 bits per heavy atom. The van der Waals surface area contributed by atoms with Gasteiger partial charge in [0.1, 0.15) is 0 Å².